The van der Waals surface area contributed by atoms with Crippen molar-refractivity contribution >= 4 is 98.7 Å². The highest BCUT2D eigenvalue weighted by molar-refractivity contribution is 6.00. The zero-order valence-electron chi connectivity index (χ0n) is 54.9. The fourth-order valence-corrected chi connectivity index (χ4v) is 11.5. The SMILES string of the molecule is CC(=O)O.CC(C)C[C@H](NC(=O)[C@@H](Cc1c[nH]c2ccccc12)NC(=O)[C@@H](Cc1ccc(O)cc1)NC(=O)[C@H](CO)NC(=O)[C@H](Cc1c[nH]c2ccccc12)NC(=O)[C@H](Cc1cnc[nH]1)NC(=O)[C@@H]1CCC(=O)N1)C(=O)N[C@@H](CCCN=C(N)N)C(=O)N1CCC[C@H]1C(=O)NCC(N)=O. The van der Waals surface area contributed by atoms with Crippen LogP contribution in [0.4, 0.5) is 0 Å². The van der Waals surface area contributed by atoms with Gasteiger partial charge in [-0.1, -0.05) is 62.4 Å². The number of hydrogen-bond donors (Lipinski definition) is 18. The van der Waals surface area contributed by atoms with Crippen molar-refractivity contribution in [3.8, 4) is 5.75 Å². The second-order valence-corrected chi connectivity index (χ2v) is 24.5. The van der Waals surface area contributed by atoms with Crippen molar-refractivity contribution in [2.75, 3.05) is 26.2 Å². The van der Waals surface area contributed by atoms with E-state index in [1.807, 2.05) is 0 Å². The molecule has 99 heavy (non-hydrogen) atoms. The highest BCUT2D eigenvalue weighted by atomic mass is 16.4. The largest absolute Gasteiger partial charge is 0.508 e. The van der Waals surface area contributed by atoms with Gasteiger partial charge in [0.2, 0.25) is 65.0 Å². The third-order valence-electron chi connectivity index (χ3n) is 16.4. The van der Waals surface area contributed by atoms with E-state index in [9.17, 15) is 53.4 Å². The summed E-state index contributed by atoms with van der Waals surface area (Å²) in [6.45, 7) is 3.41. The summed E-state index contributed by atoms with van der Waals surface area (Å²) >= 11 is 0. The van der Waals surface area contributed by atoms with Gasteiger partial charge in [-0.25, -0.2) is 4.98 Å². The monoisotopic (exact) mass is 1370 g/mol. The number of aliphatic imine (C=N–C) groups is 1. The fraction of sp³-hybridized carbons (Fsp3) is 0.424. The molecule has 0 bridgehead atoms. The molecule has 6 aromatic rings. The number of carboxylic acids is 1. The predicted molar refractivity (Wildman–Crippen MR) is 359 cm³/mol. The molecular formula is C66H86N18O15. The quantitative estimate of drug-likeness (QED) is 0.0118. The Kier molecular flexibility index (Phi) is 27.4. The summed E-state index contributed by atoms with van der Waals surface area (Å²) in [4.78, 5) is 181. The summed E-state index contributed by atoms with van der Waals surface area (Å²) in [6, 6.07) is 7.78. The van der Waals surface area contributed by atoms with Crippen LogP contribution in [0.5, 0.6) is 5.75 Å². The number of aliphatic hydroxyl groups is 1. The normalized spacial score (nSPS) is 16.2. The number of amides is 11. The number of aromatic amines is 3. The van der Waals surface area contributed by atoms with Crippen LogP contribution >= 0.6 is 0 Å². The number of guanidine groups is 1. The van der Waals surface area contributed by atoms with E-state index in [0.29, 0.717) is 50.6 Å². The molecule has 33 heteroatoms. The number of phenols is 1. The standard InChI is InChI=1S/C64H82N18O13.C2H4O2/c1-34(2)23-46(56(88)75-45(13-7-21-69-64(66)67)63(95)82-22-8-14-52(82)62(94)72-31-53(65)85)76-58(90)48(25-36-28-70-42-11-5-3-9-40(36)42)78-57(89)47(24-35-15-17-39(84)18-16-35)77-61(93)51(32-83)81-59(91)49(26-37-29-71-43-12-6-4-10-41(37)43)79-60(92)50(27-38-30-68-33-73-38)80-55(87)44-19-20-54(86)74-44;1-2(3)4/h3-6,9-12,15-18,28-30,33-34,44-52,70-71,83-84H,7-8,13-14,19-27,31-32H2,1-2H3,(H2,65,85)(H,68,73)(H,72,94)(H,74,86)(H,75,88)(H,76,90)(H,77,93)(H,78,89)(H,79,92)(H,80,87)(H,81,91)(H4,66,67,69);1H3,(H,3,4)/t44-,45-,46-,47+,48+,49-,50-,51-,52-;/m0./s1. The van der Waals surface area contributed by atoms with Gasteiger partial charge < -0.3 is 100 Å². The summed E-state index contributed by atoms with van der Waals surface area (Å²) < 4.78 is 0. The number of hydrogen-bond acceptors (Lipinski definition) is 16. The third-order valence-corrected chi connectivity index (χ3v) is 16.4. The van der Waals surface area contributed by atoms with Gasteiger partial charge in [-0.2, -0.15) is 0 Å². The molecule has 0 unspecified atom stereocenters. The molecule has 2 saturated heterocycles. The van der Waals surface area contributed by atoms with E-state index in [4.69, 9.17) is 27.1 Å². The van der Waals surface area contributed by atoms with Crippen LogP contribution in [0.2, 0.25) is 0 Å². The number of aliphatic hydroxyl groups excluding tert-OH is 1. The average Bonchev–Trinajstić information content (AvgIpc) is 1.77. The summed E-state index contributed by atoms with van der Waals surface area (Å²) in [5, 5.41) is 53.9. The zero-order valence-corrected chi connectivity index (χ0v) is 54.9. The van der Waals surface area contributed by atoms with Crippen molar-refractivity contribution in [2.24, 2.45) is 28.1 Å². The Labute approximate surface area is 568 Å². The minimum Gasteiger partial charge on any atom is -0.508 e. The first-order valence-electron chi connectivity index (χ1n) is 32.3. The van der Waals surface area contributed by atoms with Gasteiger partial charge in [-0.3, -0.25) is 62.5 Å². The van der Waals surface area contributed by atoms with E-state index in [1.165, 1.54) is 41.7 Å². The highest BCUT2D eigenvalue weighted by Gasteiger charge is 2.40. The van der Waals surface area contributed by atoms with E-state index < -0.39 is 133 Å². The maximum absolute atomic E-state index is 15.1. The van der Waals surface area contributed by atoms with Crippen molar-refractivity contribution in [2.45, 2.75) is 146 Å². The fourth-order valence-electron chi connectivity index (χ4n) is 11.5. The van der Waals surface area contributed by atoms with Gasteiger partial charge in [-0.15, -0.1) is 0 Å². The number of imidazole rings is 1. The van der Waals surface area contributed by atoms with Crippen molar-refractivity contribution in [1.29, 1.82) is 0 Å². The molecule has 3 aromatic heterocycles. The molecule has 8 rings (SSSR count). The number of rotatable bonds is 33. The molecule has 9 atom stereocenters. The summed E-state index contributed by atoms with van der Waals surface area (Å²) in [5.41, 5.74) is 19.8. The molecule has 5 heterocycles. The second-order valence-electron chi connectivity index (χ2n) is 24.5. The first kappa shape index (κ1) is 75.0. The Morgan fingerprint density at radius 3 is 1.68 bits per heavy atom. The van der Waals surface area contributed by atoms with Gasteiger partial charge in [0.25, 0.3) is 5.97 Å². The summed E-state index contributed by atoms with van der Waals surface area (Å²) in [6.07, 6.45) is 6.51. The molecule has 33 nitrogen and oxygen atoms in total. The number of aromatic hydroxyl groups is 1. The van der Waals surface area contributed by atoms with Gasteiger partial charge in [0, 0.05) is 98.2 Å². The van der Waals surface area contributed by atoms with Crippen LogP contribution in [0.25, 0.3) is 21.8 Å². The zero-order chi connectivity index (χ0) is 71.9. The number of benzene rings is 3. The Balaban J connectivity index is 0.00000335. The molecule has 2 aliphatic rings. The molecule has 2 fully saturated rings. The number of aromatic nitrogens is 4. The maximum atomic E-state index is 15.1. The number of nitrogens with zero attached hydrogens (tertiary/aromatic N) is 3. The van der Waals surface area contributed by atoms with Crippen LogP contribution in [0, 0.1) is 5.92 Å². The highest BCUT2D eigenvalue weighted by Crippen LogP contribution is 2.24. The molecule has 21 N–H and O–H groups in total. The lowest BCUT2D eigenvalue weighted by Gasteiger charge is -2.30. The van der Waals surface area contributed by atoms with E-state index in [0.717, 1.165) is 6.92 Å². The van der Waals surface area contributed by atoms with Crippen LogP contribution in [0.15, 0.2) is 103 Å². The number of phenolic OH excluding ortho intramolecular Hbond substituents is 1. The van der Waals surface area contributed by atoms with Crippen LogP contribution in [-0.2, 0) is 83.2 Å². The number of primary amides is 1. The van der Waals surface area contributed by atoms with Gasteiger partial charge in [-0.05, 0) is 85.4 Å². The van der Waals surface area contributed by atoms with E-state index in [-0.39, 0.29) is 101 Å². The van der Waals surface area contributed by atoms with Crippen LogP contribution in [0.1, 0.15) is 88.1 Å². The Hall–Kier alpha value is -11.4. The Morgan fingerprint density at radius 1 is 0.646 bits per heavy atom. The topological polar surface area (TPSA) is 528 Å². The van der Waals surface area contributed by atoms with E-state index in [1.54, 1.807) is 74.8 Å². The smallest absolute Gasteiger partial charge is 0.300 e. The second kappa shape index (κ2) is 36.1. The molecule has 2 aliphatic heterocycles. The minimum absolute atomic E-state index is 0.00905. The number of nitrogens with two attached hydrogens (primary N) is 3. The van der Waals surface area contributed by atoms with Crippen molar-refractivity contribution in [3.63, 3.8) is 0 Å². The van der Waals surface area contributed by atoms with Crippen molar-refractivity contribution in [3.05, 3.63) is 120 Å². The number of H-pyrrole nitrogens is 3. The molecule has 11 amide bonds. The van der Waals surface area contributed by atoms with Crippen molar-refractivity contribution in [1.82, 2.24) is 72.7 Å². The number of carbonyl (C=O) groups is 12. The van der Waals surface area contributed by atoms with Gasteiger partial charge in [0.15, 0.2) is 5.96 Å². The molecule has 530 valence electrons. The number of carbonyl (C=O) groups excluding carboxylic acids is 11. The Morgan fingerprint density at radius 2 is 1.16 bits per heavy atom. The minimum atomic E-state index is -1.80. The number of para-hydroxylation sites is 2. The van der Waals surface area contributed by atoms with Crippen molar-refractivity contribution < 1.29 is 72.9 Å². The molecule has 0 aliphatic carbocycles. The van der Waals surface area contributed by atoms with E-state index >= 15 is 9.59 Å². The van der Waals surface area contributed by atoms with Gasteiger partial charge in [0.1, 0.15) is 60.1 Å². The number of likely N-dealkylation sites (tertiary alicyclic amines) is 1. The van der Waals surface area contributed by atoms with Crippen LogP contribution < -0.4 is 65.1 Å². The lowest BCUT2D eigenvalue weighted by atomic mass is 9.99. The molecule has 0 spiro atoms. The van der Waals surface area contributed by atoms with Crippen LogP contribution in [0.3, 0.4) is 0 Å². The summed E-state index contributed by atoms with van der Waals surface area (Å²) in [7, 11) is 0. The number of carboxylic acid groups (broad SMARTS) is 1. The molecular weight excluding hydrogens is 1280 g/mol. The first-order chi connectivity index (χ1) is 47.3. The number of nitrogens with one attached hydrogen (secondary N) is 12. The van der Waals surface area contributed by atoms with Crippen LogP contribution in [-0.4, -0.2) is 198 Å². The number of aliphatic carboxylic acids is 1. The first-order valence-corrected chi connectivity index (χ1v) is 32.3. The van der Waals surface area contributed by atoms with Gasteiger partial charge >= 0.3 is 0 Å². The third kappa shape index (κ3) is 22.3. The van der Waals surface area contributed by atoms with Gasteiger partial charge in [0.05, 0.1) is 19.5 Å². The summed E-state index contributed by atoms with van der Waals surface area (Å²) in [5.74, 6) is -9.88. The Bertz CT molecular complexity index is 3860. The maximum Gasteiger partial charge on any atom is 0.300 e. The molecule has 0 radical (unpaired) electrons. The van der Waals surface area contributed by atoms with E-state index in [2.05, 4.69) is 72.8 Å². The molecule has 0 saturated carbocycles. The lowest BCUT2D eigenvalue weighted by molar-refractivity contribution is -0.142. The number of fused-ring (bicyclic) bond motifs is 2. The molecule has 3 aromatic carbocycles. The predicted octanol–water partition coefficient (Wildman–Crippen LogP) is -2.20. The average molecular weight is 1370 g/mol. The lowest BCUT2D eigenvalue weighted by Crippen LogP contribution is -2.61.